The fourth-order valence-electron chi connectivity index (χ4n) is 1.68. The van der Waals surface area contributed by atoms with E-state index in [9.17, 15) is 0 Å². The Balaban J connectivity index is 2.54. The average molecular weight is 216 g/mol. The molecule has 0 aromatic rings. The van der Waals surface area contributed by atoms with Crippen LogP contribution in [0.2, 0.25) is 0 Å². The van der Waals surface area contributed by atoms with Gasteiger partial charge in [0.05, 0.1) is 17.7 Å². The molecule has 4 N–H and O–H groups in total. The van der Waals surface area contributed by atoms with Gasteiger partial charge in [-0.1, -0.05) is 0 Å². The third kappa shape index (κ3) is 4.07. The number of ether oxygens (including phenoxy) is 2. The zero-order valence-corrected chi connectivity index (χ0v) is 10.2. The lowest BCUT2D eigenvalue weighted by Crippen LogP contribution is -2.52. The summed E-state index contributed by atoms with van der Waals surface area (Å²) in [4.78, 5) is 0. The second kappa shape index (κ2) is 4.78. The minimum atomic E-state index is -0.324. The molecule has 0 aromatic heterocycles. The maximum atomic E-state index is 5.96. The van der Waals surface area contributed by atoms with Crippen LogP contribution in [0.1, 0.15) is 40.5 Å². The molecular formula is C11H24N2O2. The monoisotopic (exact) mass is 216 g/mol. The van der Waals surface area contributed by atoms with Crippen LogP contribution in [-0.2, 0) is 9.47 Å². The molecule has 1 aliphatic rings. The van der Waals surface area contributed by atoms with Crippen LogP contribution in [0.15, 0.2) is 0 Å². The van der Waals surface area contributed by atoms with E-state index in [1.165, 1.54) is 0 Å². The van der Waals surface area contributed by atoms with Crippen molar-refractivity contribution in [3.05, 3.63) is 0 Å². The predicted octanol–water partition coefficient (Wildman–Crippen LogP) is 0.981. The number of nitrogens with two attached hydrogens (primary N) is 2. The first-order valence-electron chi connectivity index (χ1n) is 5.64. The molecule has 1 saturated heterocycles. The van der Waals surface area contributed by atoms with Crippen LogP contribution in [-0.4, -0.2) is 30.1 Å². The average Bonchev–Trinajstić information content (AvgIpc) is 2.06. The molecule has 2 unspecified atom stereocenters. The van der Waals surface area contributed by atoms with E-state index in [1.807, 2.05) is 27.7 Å². The third-order valence-electron chi connectivity index (χ3n) is 2.50. The van der Waals surface area contributed by atoms with Crippen LogP contribution >= 0.6 is 0 Å². The van der Waals surface area contributed by atoms with E-state index in [0.29, 0.717) is 0 Å². The Morgan fingerprint density at radius 3 is 2.40 bits per heavy atom. The van der Waals surface area contributed by atoms with Gasteiger partial charge in [-0.25, -0.2) is 0 Å². The molecule has 1 aliphatic heterocycles. The Bertz CT molecular complexity index is 201. The molecule has 90 valence electrons. The summed E-state index contributed by atoms with van der Waals surface area (Å²) in [5.41, 5.74) is 11.5. The standard InChI is InChI=1S/C11H24N2O2/c1-7(12)9-6-5-8(13)10(14-9)15-11(2,3)4/h7-10H,5-6,12-13H2,1-4H3/t7?,8-,9?,10-/m1/s1. The first-order valence-corrected chi connectivity index (χ1v) is 5.64. The molecule has 0 amide bonds. The molecule has 1 rings (SSSR count). The van der Waals surface area contributed by atoms with E-state index in [1.54, 1.807) is 0 Å². The van der Waals surface area contributed by atoms with Crippen molar-refractivity contribution in [3.63, 3.8) is 0 Å². The Kier molecular flexibility index (Phi) is 4.12. The Morgan fingerprint density at radius 1 is 1.33 bits per heavy atom. The van der Waals surface area contributed by atoms with Gasteiger partial charge in [0.15, 0.2) is 6.29 Å². The van der Waals surface area contributed by atoms with E-state index in [4.69, 9.17) is 20.9 Å². The van der Waals surface area contributed by atoms with Crippen molar-refractivity contribution in [2.45, 2.75) is 70.6 Å². The van der Waals surface area contributed by atoms with Crippen LogP contribution in [0, 0.1) is 0 Å². The fourth-order valence-corrected chi connectivity index (χ4v) is 1.68. The molecule has 0 aliphatic carbocycles. The lowest BCUT2D eigenvalue weighted by atomic mass is 10.00. The zero-order valence-electron chi connectivity index (χ0n) is 10.2. The molecule has 0 bridgehead atoms. The first-order chi connectivity index (χ1) is 6.79. The van der Waals surface area contributed by atoms with Crippen molar-refractivity contribution >= 4 is 0 Å². The molecule has 0 spiro atoms. The van der Waals surface area contributed by atoms with Gasteiger partial charge in [0, 0.05) is 6.04 Å². The predicted molar refractivity (Wildman–Crippen MR) is 60.4 cm³/mol. The lowest BCUT2D eigenvalue weighted by Gasteiger charge is -2.39. The Hall–Kier alpha value is -0.160. The number of hydrogen-bond donors (Lipinski definition) is 2. The van der Waals surface area contributed by atoms with Crippen LogP contribution < -0.4 is 11.5 Å². The summed E-state index contributed by atoms with van der Waals surface area (Å²) in [7, 11) is 0. The third-order valence-corrected chi connectivity index (χ3v) is 2.50. The minimum Gasteiger partial charge on any atom is -0.346 e. The van der Waals surface area contributed by atoms with Gasteiger partial charge in [-0.05, 0) is 40.5 Å². The summed E-state index contributed by atoms with van der Waals surface area (Å²) in [5.74, 6) is 0. The maximum absolute atomic E-state index is 5.96. The fraction of sp³-hybridized carbons (Fsp3) is 1.00. The topological polar surface area (TPSA) is 70.5 Å². The molecular weight excluding hydrogens is 192 g/mol. The van der Waals surface area contributed by atoms with E-state index < -0.39 is 0 Å². The summed E-state index contributed by atoms with van der Waals surface area (Å²) >= 11 is 0. The Labute approximate surface area is 92.3 Å². The largest absolute Gasteiger partial charge is 0.346 e. The molecule has 4 atom stereocenters. The van der Waals surface area contributed by atoms with Crippen molar-refractivity contribution in [2.75, 3.05) is 0 Å². The van der Waals surface area contributed by atoms with Crippen molar-refractivity contribution < 1.29 is 9.47 Å². The van der Waals surface area contributed by atoms with Gasteiger partial charge in [-0.15, -0.1) is 0 Å². The SMILES string of the molecule is CC(N)C1CC[C@@H](N)[C@@H](OC(C)(C)C)O1. The van der Waals surface area contributed by atoms with Crippen LogP contribution in [0.3, 0.4) is 0 Å². The summed E-state index contributed by atoms with van der Waals surface area (Å²) in [5, 5.41) is 0. The summed E-state index contributed by atoms with van der Waals surface area (Å²) in [6.07, 6.45) is 1.57. The van der Waals surface area contributed by atoms with E-state index in [2.05, 4.69) is 0 Å². The van der Waals surface area contributed by atoms with Gasteiger partial charge >= 0.3 is 0 Å². The van der Waals surface area contributed by atoms with Gasteiger partial charge in [-0.2, -0.15) is 0 Å². The normalized spacial score (nSPS) is 35.2. The highest BCUT2D eigenvalue weighted by atomic mass is 16.7. The second-order valence-corrected chi connectivity index (χ2v) is 5.37. The molecule has 4 heteroatoms. The lowest BCUT2D eigenvalue weighted by molar-refractivity contribution is -0.243. The summed E-state index contributed by atoms with van der Waals surface area (Å²) in [6, 6.07) is -0.0113. The van der Waals surface area contributed by atoms with Crippen molar-refractivity contribution in [1.82, 2.24) is 0 Å². The zero-order chi connectivity index (χ0) is 11.6. The molecule has 0 radical (unpaired) electrons. The molecule has 4 nitrogen and oxygen atoms in total. The van der Waals surface area contributed by atoms with Crippen LogP contribution in [0.4, 0.5) is 0 Å². The van der Waals surface area contributed by atoms with E-state index in [0.717, 1.165) is 12.8 Å². The van der Waals surface area contributed by atoms with Gasteiger partial charge in [0.1, 0.15) is 0 Å². The smallest absolute Gasteiger partial charge is 0.173 e. The summed E-state index contributed by atoms with van der Waals surface area (Å²) < 4.78 is 11.5. The molecule has 0 aromatic carbocycles. The minimum absolute atomic E-state index is 0.0311. The van der Waals surface area contributed by atoms with E-state index >= 15 is 0 Å². The number of rotatable bonds is 2. The highest BCUT2D eigenvalue weighted by molar-refractivity contribution is 4.82. The van der Waals surface area contributed by atoms with Crippen molar-refractivity contribution in [3.8, 4) is 0 Å². The van der Waals surface area contributed by atoms with Gasteiger partial charge in [0.2, 0.25) is 0 Å². The van der Waals surface area contributed by atoms with Gasteiger partial charge < -0.3 is 20.9 Å². The molecule has 0 saturated carbocycles. The highest BCUT2D eigenvalue weighted by Gasteiger charge is 2.33. The van der Waals surface area contributed by atoms with Crippen molar-refractivity contribution in [1.29, 1.82) is 0 Å². The van der Waals surface area contributed by atoms with Crippen molar-refractivity contribution in [2.24, 2.45) is 11.5 Å². The second-order valence-electron chi connectivity index (χ2n) is 5.37. The van der Waals surface area contributed by atoms with E-state index in [-0.39, 0.29) is 30.1 Å². The van der Waals surface area contributed by atoms with Crippen LogP contribution in [0.25, 0.3) is 0 Å². The highest BCUT2D eigenvalue weighted by Crippen LogP contribution is 2.24. The van der Waals surface area contributed by atoms with Gasteiger partial charge in [0.25, 0.3) is 0 Å². The quantitative estimate of drug-likeness (QED) is 0.722. The summed E-state index contributed by atoms with van der Waals surface area (Å²) in [6.45, 7) is 7.95. The maximum Gasteiger partial charge on any atom is 0.173 e. The number of hydrogen-bond acceptors (Lipinski definition) is 4. The Morgan fingerprint density at radius 2 is 1.93 bits per heavy atom. The molecule has 1 heterocycles. The molecule has 1 fully saturated rings. The van der Waals surface area contributed by atoms with Gasteiger partial charge in [-0.3, -0.25) is 0 Å². The molecule has 15 heavy (non-hydrogen) atoms. The van der Waals surface area contributed by atoms with Crippen LogP contribution in [0.5, 0.6) is 0 Å². The first kappa shape index (κ1) is 12.9.